The van der Waals surface area contributed by atoms with Crippen molar-refractivity contribution in [1.82, 2.24) is 4.98 Å². The van der Waals surface area contributed by atoms with Crippen LogP contribution in [0.5, 0.6) is 0 Å². The number of rotatable bonds is 3. The van der Waals surface area contributed by atoms with E-state index in [1.54, 1.807) is 12.1 Å². The maximum atomic E-state index is 13.7. The molecule has 0 spiro atoms. The fraction of sp³-hybridized carbons (Fsp3) is 0.200. The number of halogens is 1. The van der Waals surface area contributed by atoms with Gasteiger partial charge in [0, 0.05) is 11.4 Å². The Bertz CT molecular complexity index is 627. The predicted octanol–water partition coefficient (Wildman–Crippen LogP) is 4.00. The lowest BCUT2D eigenvalue weighted by atomic mass is 10.1. The van der Waals surface area contributed by atoms with E-state index in [4.69, 9.17) is 5.26 Å². The average Bonchev–Trinajstić information content (AvgIpc) is 2.36. The molecule has 96 valence electrons. The minimum atomic E-state index is -0.337. The standard InChI is InChI=1S/C15H13FN2S/c1-10-5-11(2)18-15(6-10)19-9-13-4-3-12(8-17)7-14(13)16/h3-7H,9H2,1-2H3. The van der Waals surface area contributed by atoms with Crippen molar-refractivity contribution in [1.29, 1.82) is 5.26 Å². The van der Waals surface area contributed by atoms with Gasteiger partial charge in [-0.1, -0.05) is 6.07 Å². The van der Waals surface area contributed by atoms with E-state index in [1.807, 2.05) is 32.0 Å². The van der Waals surface area contributed by atoms with Crippen LogP contribution in [0.1, 0.15) is 22.4 Å². The Labute approximate surface area is 116 Å². The fourth-order valence-electron chi connectivity index (χ4n) is 1.76. The largest absolute Gasteiger partial charge is 0.247 e. The Morgan fingerprint density at radius 1 is 1.26 bits per heavy atom. The number of hydrogen-bond donors (Lipinski definition) is 0. The van der Waals surface area contributed by atoms with E-state index >= 15 is 0 Å². The van der Waals surface area contributed by atoms with Gasteiger partial charge in [-0.05, 0) is 49.2 Å². The summed E-state index contributed by atoms with van der Waals surface area (Å²) in [7, 11) is 0. The highest BCUT2D eigenvalue weighted by Crippen LogP contribution is 2.24. The number of nitrogens with zero attached hydrogens (tertiary/aromatic N) is 2. The van der Waals surface area contributed by atoms with E-state index < -0.39 is 0 Å². The Hall–Kier alpha value is -1.86. The molecule has 0 bridgehead atoms. The Morgan fingerprint density at radius 2 is 2.05 bits per heavy atom. The second-order valence-electron chi connectivity index (χ2n) is 4.33. The quantitative estimate of drug-likeness (QED) is 0.792. The van der Waals surface area contributed by atoms with Crippen LogP contribution in [0.4, 0.5) is 4.39 Å². The second-order valence-corrected chi connectivity index (χ2v) is 5.33. The van der Waals surface area contributed by atoms with Crippen molar-refractivity contribution in [3.8, 4) is 6.07 Å². The summed E-state index contributed by atoms with van der Waals surface area (Å²) in [6, 6.07) is 10.5. The monoisotopic (exact) mass is 272 g/mol. The molecular formula is C15H13FN2S. The lowest BCUT2D eigenvalue weighted by Crippen LogP contribution is -1.91. The number of benzene rings is 1. The van der Waals surface area contributed by atoms with Crippen LogP contribution in [0.25, 0.3) is 0 Å². The van der Waals surface area contributed by atoms with E-state index in [1.165, 1.54) is 17.8 Å². The summed E-state index contributed by atoms with van der Waals surface area (Å²) < 4.78 is 13.7. The number of aromatic nitrogens is 1. The summed E-state index contributed by atoms with van der Waals surface area (Å²) in [5.74, 6) is 0.170. The van der Waals surface area contributed by atoms with Crippen LogP contribution in [0.2, 0.25) is 0 Å². The normalized spacial score (nSPS) is 10.2. The molecule has 4 heteroatoms. The van der Waals surface area contributed by atoms with E-state index in [0.29, 0.717) is 16.9 Å². The minimum absolute atomic E-state index is 0.337. The van der Waals surface area contributed by atoms with Crippen molar-refractivity contribution in [2.24, 2.45) is 0 Å². The molecule has 1 heterocycles. The van der Waals surface area contributed by atoms with Gasteiger partial charge in [0.25, 0.3) is 0 Å². The zero-order valence-electron chi connectivity index (χ0n) is 10.8. The van der Waals surface area contributed by atoms with Gasteiger partial charge in [0.1, 0.15) is 5.82 Å². The maximum Gasteiger partial charge on any atom is 0.128 e. The van der Waals surface area contributed by atoms with Crippen LogP contribution in [0.3, 0.4) is 0 Å². The van der Waals surface area contributed by atoms with Gasteiger partial charge >= 0.3 is 0 Å². The topological polar surface area (TPSA) is 36.7 Å². The molecule has 1 aromatic carbocycles. The Kier molecular flexibility index (Phi) is 4.18. The molecule has 0 aliphatic heterocycles. The number of pyridine rings is 1. The Balaban J connectivity index is 2.12. The molecule has 0 atom stereocenters. The third-order valence-electron chi connectivity index (χ3n) is 2.63. The number of aryl methyl sites for hydroxylation is 2. The first-order valence-corrected chi connectivity index (χ1v) is 6.83. The van der Waals surface area contributed by atoms with Crippen LogP contribution in [0, 0.1) is 31.0 Å². The summed E-state index contributed by atoms with van der Waals surface area (Å²) in [6.45, 7) is 3.96. The SMILES string of the molecule is Cc1cc(C)nc(SCc2ccc(C#N)cc2F)c1. The fourth-order valence-corrected chi connectivity index (χ4v) is 2.78. The van der Waals surface area contributed by atoms with Gasteiger partial charge in [-0.2, -0.15) is 5.26 Å². The average molecular weight is 272 g/mol. The molecule has 0 amide bonds. The molecule has 0 unspecified atom stereocenters. The van der Waals surface area contributed by atoms with Crippen molar-refractivity contribution in [2.45, 2.75) is 24.6 Å². The van der Waals surface area contributed by atoms with Gasteiger partial charge in [-0.25, -0.2) is 9.37 Å². The molecule has 1 aromatic heterocycles. The molecule has 0 N–H and O–H groups in total. The van der Waals surface area contributed by atoms with E-state index in [2.05, 4.69) is 4.98 Å². The molecule has 0 fully saturated rings. The van der Waals surface area contributed by atoms with Gasteiger partial charge in [-0.3, -0.25) is 0 Å². The number of thioether (sulfide) groups is 1. The van der Waals surface area contributed by atoms with Gasteiger partial charge in [-0.15, -0.1) is 11.8 Å². The number of hydrogen-bond acceptors (Lipinski definition) is 3. The lowest BCUT2D eigenvalue weighted by molar-refractivity contribution is 0.617. The third kappa shape index (κ3) is 3.55. The minimum Gasteiger partial charge on any atom is -0.247 e. The highest BCUT2D eigenvalue weighted by Gasteiger charge is 2.05. The Morgan fingerprint density at radius 3 is 2.68 bits per heavy atom. The molecular weight excluding hydrogens is 259 g/mol. The first-order chi connectivity index (χ1) is 9.08. The van der Waals surface area contributed by atoms with Crippen LogP contribution in [-0.4, -0.2) is 4.98 Å². The van der Waals surface area contributed by atoms with Crippen molar-refractivity contribution in [3.63, 3.8) is 0 Å². The van der Waals surface area contributed by atoms with Crippen LogP contribution >= 0.6 is 11.8 Å². The van der Waals surface area contributed by atoms with Gasteiger partial charge in [0.05, 0.1) is 16.7 Å². The zero-order valence-corrected chi connectivity index (χ0v) is 11.6. The van der Waals surface area contributed by atoms with Crippen molar-refractivity contribution >= 4 is 11.8 Å². The second kappa shape index (κ2) is 5.85. The first-order valence-electron chi connectivity index (χ1n) is 5.85. The number of nitriles is 1. The summed E-state index contributed by atoms with van der Waals surface area (Å²) in [4.78, 5) is 4.40. The van der Waals surface area contributed by atoms with Crippen LogP contribution in [-0.2, 0) is 5.75 Å². The maximum absolute atomic E-state index is 13.7. The van der Waals surface area contributed by atoms with Crippen LogP contribution in [0.15, 0.2) is 35.4 Å². The summed E-state index contributed by atoms with van der Waals surface area (Å²) in [6.07, 6.45) is 0. The molecule has 0 aliphatic carbocycles. The van der Waals surface area contributed by atoms with E-state index in [9.17, 15) is 4.39 Å². The predicted molar refractivity (Wildman–Crippen MR) is 74.4 cm³/mol. The van der Waals surface area contributed by atoms with E-state index in [-0.39, 0.29) is 5.82 Å². The van der Waals surface area contributed by atoms with Gasteiger partial charge in [0.15, 0.2) is 0 Å². The summed E-state index contributed by atoms with van der Waals surface area (Å²) in [5.41, 5.74) is 3.04. The third-order valence-corrected chi connectivity index (χ3v) is 3.59. The van der Waals surface area contributed by atoms with Crippen molar-refractivity contribution in [3.05, 3.63) is 58.5 Å². The van der Waals surface area contributed by atoms with Crippen LogP contribution < -0.4 is 0 Å². The molecule has 0 aliphatic rings. The van der Waals surface area contributed by atoms with Gasteiger partial charge < -0.3 is 0 Å². The van der Waals surface area contributed by atoms with E-state index in [0.717, 1.165) is 16.3 Å². The molecule has 0 saturated heterocycles. The molecule has 2 aromatic rings. The zero-order chi connectivity index (χ0) is 13.8. The summed E-state index contributed by atoms with van der Waals surface area (Å²) >= 11 is 1.50. The van der Waals surface area contributed by atoms with Crippen molar-refractivity contribution < 1.29 is 4.39 Å². The highest BCUT2D eigenvalue weighted by atomic mass is 32.2. The highest BCUT2D eigenvalue weighted by molar-refractivity contribution is 7.98. The smallest absolute Gasteiger partial charge is 0.128 e. The molecule has 2 rings (SSSR count). The summed E-state index contributed by atoms with van der Waals surface area (Å²) in [5, 5.41) is 9.58. The van der Waals surface area contributed by atoms with Crippen molar-refractivity contribution in [2.75, 3.05) is 0 Å². The van der Waals surface area contributed by atoms with Gasteiger partial charge in [0.2, 0.25) is 0 Å². The lowest BCUT2D eigenvalue weighted by Gasteiger charge is -2.05. The molecule has 0 saturated carbocycles. The molecule has 19 heavy (non-hydrogen) atoms. The molecule has 0 radical (unpaired) electrons. The molecule has 2 nitrogen and oxygen atoms in total. The first kappa shape index (κ1) is 13.6.